The van der Waals surface area contributed by atoms with Crippen LogP contribution in [0.5, 0.6) is 0 Å². The number of fused-ring (bicyclic) bond motifs is 15. The molecule has 3 heterocycles. The van der Waals surface area contributed by atoms with Crippen LogP contribution in [-0.4, -0.2) is 17.1 Å². The largest absolute Gasteiger partial charge is 2.00 e. The Labute approximate surface area is 624 Å². The molecule has 0 amide bonds. The number of aliphatic imine (C=N–C) groups is 3. The van der Waals surface area contributed by atoms with E-state index in [9.17, 15) is 15.3 Å². The fourth-order valence-electron chi connectivity index (χ4n) is 10.4. The summed E-state index contributed by atoms with van der Waals surface area (Å²) in [5, 5.41) is 55.4. The quantitative estimate of drug-likeness (QED) is 0.174. The zero-order valence-corrected chi connectivity index (χ0v) is 63.7. The van der Waals surface area contributed by atoms with Gasteiger partial charge < -0.3 is 68.5 Å². The number of hydrogen-bond acceptors (Lipinski definition) is 6. The Hall–Kier alpha value is -3.66. The second kappa shape index (κ2) is 52.7. The molecule has 0 aliphatic carbocycles. The van der Waals surface area contributed by atoms with Crippen LogP contribution in [0.25, 0.3) is 16.0 Å². The number of hydrogen-bond donors (Lipinski definition) is 0. The van der Waals surface area contributed by atoms with Gasteiger partial charge in [-0.3, -0.25) is 15.0 Å². The third kappa shape index (κ3) is 32.5. The van der Waals surface area contributed by atoms with Crippen molar-refractivity contribution in [3.8, 4) is 0 Å². The molecule has 498 valence electrons. The van der Waals surface area contributed by atoms with Crippen molar-refractivity contribution in [3.05, 3.63) is 261 Å². The molecule has 90 heavy (non-hydrogen) atoms. The maximum absolute atomic E-state index is 13.5. The molecule has 0 N–H and O–H groups in total. The average Bonchev–Trinajstić information content (AvgIpc) is 2.51. The molecule has 0 aromatic heterocycles. The molecule has 3 aliphatic rings. The van der Waals surface area contributed by atoms with Crippen molar-refractivity contribution in [2.24, 2.45) is 15.0 Å². The van der Waals surface area contributed by atoms with E-state index in [1.54, 1.807) is 36.5 Å². The first-order chi connectivity index (χ1) is 38.9. The normalized spacial score (nSPS) is 16.5. The number of nitrogens with zero attached hydrogens (tertiary/aromatic N) is 6. The monoisotopic (exact) mass is 1530 g/mol. The zero-order valence-electron chi connectivity index (χ0n) is 54.8. The summed E-state index contributed by atoms with van der Waals surface area (Å²) in [4.78, 5) is 15.0. The van der Waals surface area contributed by atoms with Gasteiger partial charge in [0.2, 0.25) is 0 Å². The summed E-state index contributed by atoms with van der Waals surface area (Å²) < 4.78 is 0. The predicted molar refractivity (Wildman–Crippen MR) is 340 cm³/mol. The molecular weight excluding hydrogens is 1440 g/mol. The minimum absolute atomic E-state index is 0. The summed E-state index contributed by atoms with van der Waals surface area (Å²) in [6.45, 7) is 32.7. The molecule has 0 saturated heterocycles. The van der Waals surface area contributed by atoms with Crippen LogP contribution in [0.3, 0.4) is 0 Å². The smallest absolute Gasteiger partial charge is 1.00 e. The van der Waals surface area contributed by atoms with Gasteiger partial charge in [0.25, 0.3) is 0 Å². The molecule has 5 aromatic rings. The Kier molecular flexibility index (Phi) is 57.0. The van der Waals surface area contributed by atoms with Crippen LogP contribution in [0.2, 0.25) is 0 Å². The van der Waals surface area contributed by atoms with Gasteiger partial charge in [0.15, 0.2) is 0 Å². The first-order valence-corrected chi connectivity index (χ1v) is 29.0. The van der Waals surface area contributed by atoms with Crippen molar-refractivity contribution in [3.63, 3.8) is 0 Å². The van der Waals surface area contributed by atoms with E-state index >= 15 is 0 Å². The zero-order chi connectivity index (χ0) is 59.4. The van der Waals surface area contributed by atoms with Gasteiger partial charge in [-0.1, -0.05) is 205 Å². The maximum atomic E-state index is 13.5. The van der Waals surface area contributed by atoms with Crippen LogP contribution in [0.4, 0.5) is 0 Å². The first kappa shape index (κ1) is 97.4. The van der Waals surface area contributed by atoms with E-state index in [1.165, 1.54) is 50.1 Å². The van der Waals surface area contributed by atoms with Crippen molar-refractivity contribution in [2.45, 2.75) is 182 Å². The molecule has 6 bridgehead atoms. The molecule has 18 heteroatoms. The molecule has 0 unspecified atom stereocenters. The van der Waals surface area contributed by atoms with Crippen molar-refractivity contribution >= 4 is 17.1 Å². The third-order valence-electron chi connectivity index (χ3n) is 14.3. The number of rotatable bonds is 6. The van der Waals surface area contributed by atoms with Crippen molar-refractivity contribution in [1.29, 1.82) is 0 Å². The third-order valence-corrected chi connectivity index (χ3v) is 14.3. The summed E-state index contributed by atoms with van der Waals surface area (Å²) in [7, 11) is 0. The Morgan fingerprint density at radius 1 is 0.311 bits per heavy atom. The Morgan fingerprint density at radius 2 is 0.500 bits per heavy atom. The molecule has 0 spiro atoms. The van der Waals surface area contributed by atoms with Crippen LogP contribution in [-0.2, 0) is 180 Å². The van der Waals surface area contributed by atoms with E-state index in [0.717, 1.165) is 71.9 Å². The van der Waals surface area contributed by atoms with E-state index in [4.69, 9.17) is 30.9 Å². The summed E-state index contributed by atoms with van der Waals surface area (Å²) >= 11 is 0. The van der Waals surface area contributed by atoms with Gasteiger partial charge in [0.05, 0.1) is 19.6 Å². The van der Waals surface area contributed by atoms with Crippen molar-refractivity contribution in [1.82, 2.24) is 0 Å². The fraction of sp³-hybridized carbons (Fsp3) is 0.375. The predicted octanol–water partition coefficient (Wildman–Crippen LogP) is 6.72. The van der Waals surface area contributed by atoms with Crippen molar-refractivity contribution < 1.29 is 155 Å². The van der Waals surface area contributed by atoms with E-state index < -0.39 is 0 Å². The van der Waals surface area contributed by atoms with Crippen LogP contribution >= 0.6 is 0 Å². The van der Waals surface area contributed by atoms with E-state index in [2.05, 4.69) is 98.7 Å². The van der Waals surface area contributed by atoms with Gasteiger partial charge in [0.1, 0.15) is 0 Å². The van der Waals surface area contributed by atoms with Gasteiger partial charge in [-0.15, -0.1) is 36.9 Å². The van der Waals surface area contributed by atoms with Crippen LogP contribution in [0, 0.1) is 20.8 Å². The number of benzene rings is 5. The second-order valence-corrected chi connectivity index (χ2v) is 20.6. The van der Waals surface area contributed by atoms with Gasteiger partial charge in [0, 0.05) is 68.3 Å². The van der Waals surface area contributed by atoms with Gasteiger partial charge in [-0.25, -0.2) is 0 Å². The molecule has 0 radical (unpaired) electrons. The number of allylic oxidation sites excluding steroid dienone is 9. The first-order valence-electron chi connectivity index (χ1n) is 29.0. The summed E-state index contributed by atoms with van der Waals surface area (Å²) in [5.74, 6) is -0.464. The molecule has 8 rings (SSSR count). The summed E-state index contributed by atoms with van der Waals surface area (Å²) in [6, 6.07) is 30.8. The molecule has 0 fully saturated rings. The second-order valence-electron chi connectivity index (χ2n) is 20.6. The molecule has 0 saturated carbocycles. The van der Waals surface area contributed by atoms with E-state index in [-0.39, 0.29) is 157 Å². The molecule has 9 nitrogen and oxygen atoms in total. The minimum Gasteiger partial charge on any atom is -1.00 e. The Balaban J connectivity index is -0.000000494. The SMILES string of the molecule is CCc1c2c(CC)c3c(CC)c1CN=C(C)/C=C([O-])/C=C(/C)[N-]Cc1c(CC)c(c(CC)c(c1CC)C[N-]/C(C)=C\C([O-])=C\C(C)=NC2)CN=C(C)/C=C([O-])/C=C(/C)[N-]C3.Cc1ccccc1.Cc1ccccc1.Cc1ccccc1.[Cl-].[Cl-].[Cl-].[Fe+2].[Fe+2].[Fe+2].[Fe].[Fe].[Fe]. The fourth-order valence-corrected chi connectivity index (χ4v) is 10.4. The maximum Gasteiger partial charge on any atom is 2.00 e. The number of aryl methyl sites for hydroxylation is 3. The van der Waals surface area contributed by atoms with Crippen molar-refractivity contribution in [2.75, 3.05) is 0 Å². The van der Waals surface area contributed by atoms with Crippen LogP contribution < -0.4 is 52.5 Å². The van der Waals surface area contributed by atoms with Crippen LogP contribution in [0.15, 0.2) is 177 Å². The topological polar surface area (TPSA) is 149 Å². The van der Waals surface area contributed by atoms with Gasteiger partial charge >= 0.3 is 51.2 Å². The standard InChI is InChI=1S/C51H69N6O3.3C7H8.3ClH.6Fe/c1-13-40-46-25-52-31(7)19-37(58)22-34(10)55-28-49-43(16-4)50-29-56-35(11)23-38(59)20-32(8)53-26-47(40)42(15-3)48(41(46)14-2)27-54-33(9)21-39(60)24-36(12)57-30-51(44(49)17-5)45(50)18-6;3*1-7-5-3-2-4-6-7;;;;;;;;;/h19-24H,13-18,25-30H2,1-12H3,(H3-3,52,53,54,55,56,57,58,59,60);3*2-6H,1H3;3*1H;;;;;;/q-3;;;;;;;;;;3*+2/p-6. The summed E-state index contributed by atoms with van der Waals surface area (Å²) in [5.41, 5.74) is 21.5. The summed E-state index contributed by atoms with van der Waals surface area (Å²) in [6.07, 6.45) is 14.1. The van der Waals surface area contributed by atoms with Gasteiger partial charge in [-0.2, -0.15) is 17.1 Å². The Morgan fingerprint density at radius 3 is 0.678 bits per heavy atom. The van der Waals surface area contributed by atoms with E-state index in [1.807, 2.05) is 96.1 Å². The van der Waals surface area contributed by atoms with Gasteiger partial charge in [-0.05, 0) is 148 Å². The average molecular weight is 1530 g/mol. The van der Waals surface area contributed by atoms with Crippen LogP contribution in [0.1, 0.15) is 167 Å². The molecule has 3 aliphatic heterocycles. The van der Waals surface area contributed by atoms with E-state index in [0.29, 0.717) is 73.5 Å². The Bertz CT molecular complexity index is 2960. The minimum atomic E-state index is -0.155. The molecular formula is C72H90Cl3Fe6N6O3-3. The molecule has 0 atom stereocenters. The molecule has 5 aromatic carbocycles. The number of halogens is 3.